The largest absolute Gasteiger partial charge is 0.0608 e. The maximum atomic E-state index is 3.44. The Hall–Kier alpha value is 1.82. The molecule has 0 nitrogen and oxygen atoms in total. The minimum absolute atomic E-state index is 0.214. The normalized spacial score (nSPS) is 15.0. The molecule has 4 heteroatoms. The maximum absolute atomic E-state index is 3.44. The van der Waals surface area contributed by atoms with Gasteiger partial charge in [0.1, 0.15) is 0 Å². The average Bonchev–Trinajstić information content (AvgIpc) is 1.89. The molecule has 0 heterocycles. The summed E-state index contributed by atoms with van der Waals surface area (Å²) in [6, 6.07) is 0. The lowest BCUT2D eigenvalue weighted by molar-refractivity contribution is 1.52. The molecular formula is C6H16Br2P2. The first kappa shape index (κ1) is 14.3. The fourth-order valence-corrected chi connectivity index (χ4v) is 0. The van der Waals surface area contributed by atoms with Gasteiger partial charge in [0.25, 0.3) is 0 Å². The lowest BCUT2D eigenvalue weighted by atomic mass is 11.0. The van der Waals surface area contributed by atoms with Gasteiger partial charge >= 0.3 is 0 Å². The Labute approximate surface area is 83.5 Å². The maximum Gasteiger partial charge on any atom is -0.0258 e. The summed E-state index contributed by atoms with van der Waals surface area (Å²) in [4.78, 5) is 0. The molecule has 0 aliphatic carbocycles. The smallest absolute Gasteiger partial charge is 0.0258 e. The molecule has 0 aromatic heterocycles. The summed E-state index contributed by atoms with van der Waals surface area (Å²) < 4.78 is 0. The van der Waals surface area contributed by atoms with Crippen molar-refractivity contribution in [2.75, 3.05) is 25.7 Å². The van der Waals surface area contributed by atoms with E-state index < -0.39 is 0 Å². The van der Waals surface area contributed by atoms with Gasteiger partial charge in [0.05, 0.1) is 0 Å². The Morgan fingerprint density at radius 1 is 0.900 bits per heavy atom. The van der Waals surface area contributed by atoms with Gasteiger partial charge in [-0.3, -0.25) is 0 Å². The highest BCUT2D eigenvalue weighted by Gasteiger charge is 1.81. The van der Waals surface area contributed by atoms with Crippen LogP contribution in [0.15, 0.2) is 0 Å². The molecule has 0 saturated heterocycles. The standard InChI is InChI=1S/2C3H8BrP/c2*1-3-5(2)4/h2*3H2,1-2H3. The second-order valence-corrected chi connectivity index (χ2v) is 12.8. The number of hydrogen-bond acceptors (Lipinski definition) is 0. The third-order valence-corrected chi connectivity index (χ3v) is 5.62. The Bertz CT molecular complexity index is 49.7. The van der Waals surface area contributed by atoms with Gasteiger partial charge in [0.2, 0.25) is 0 Å². The summed E-state index contributed by atoms with van der Waals surface area (Å²) in [6.07, 6.45) is 2.57. The van der Waals surface area contributed by atoms with Gasteiger partial charge in [-0.1, -0.05) is 44.8 Å². The Morgan fingerprint density at radius 3 is 1.00 bits per heavy atom. The van der Waals surface area contributed by atoms with Gasteiger partial charge < -0.3 is 0 Å². The van der Waals surface area contributed by atoms with Crippen LogP contribution in [0.4, 0.5) is 0 Å². The molecule has 0 amide bonds. The number of rotatable bonds is 2. The summed E-state index contributed by atoms with van der Waals surface area (Å²) in [7, 11) is 0. The summed E-state index contributed by atoms with van der Waals surface area (Å²) in [5, 5.41) is 0. The zero-order valence-corrected chi connectivity index (χ0v) is 12.0. The van der Waals surface area contributed by atoms with Crippen molar-refractivity contribution >= 4 is 44.2 Å². The molecule has 0 aliphatic heterocycles. The van der Waals surface area contributed by atoms with E-state index in [1.165, 1.54) is 12.3 Å². The molecule has 64 valence electrons. The third kappa shape index (κ3) is 22.6. The zero-order chi connectivity index (χ0) is 8.57. The van der Waals surface area contributed by atoms with E-state index in [0.717, 1.165) is 0 Å². The van der Waals surface area contributed by atoms with Crippen molar-refractivity contribution < 1.29 is 0 Å². The molecule has 0 fully saturated rings. The van der Waals surface area contributed by atoms with Crippen LogP contribution in [-0.4, -0.2) is 25.7 Å². The summed E-state index contributed by atoms with van der Waals surface area (Å²) >= 11 is 6.88. The lowest BCUT2D eigenvalue weighted by Gasteiger charge is -1.89. The monoisotopic (exact) mass is 308 g/mol. The topological polar surface area (TPSA) is 0 Å². The molecule has 0 spiro atoms. The van der Waals surface area contributed by atoms with Gasteiger partial charge in [0, 0.05) is 0 Å². The second-order valence-electron chi connectivity index (χ2n) is 1.84. The van der Waals surface area contributed by atoms with E-state index in [9.17, 15) is 0 Å². The van der Waals surface area contributed by atoms with Crippen LogP contribution in [0.5, 0.6) is 0 Å². The van der Waals surface area contributed by atoms with E-state index in [1.807, 2.05) is 0 Å². The molecule has 0 aromatic carbocycles. The molecule has 0 rings (SSSR count). The first-order chi connectivity index (χ1) is 4.54. The number of hydrogen-bond donors (Lipinski definition) is 0. The van der Waals surface area contributed by atoms with E-state index in [1.54, 1.807) is 0 Å². The van der Waals surface area contributed by atoms with Crippen LogP contribution in [0.2, 0.25) is 0 Å². The minimum atomic E-state index is 0.214. The van der Waals surface area contributed by atoms with E-state index >= 15 is 0 Å². The molecular weight excluding hydrogens is 294 g/mol. The minimum Gasteiger partial charge on any atom is -0.0608 e. The first-order valence-electron chi connectivity index (χ1n) is 3.28. The Morgan fingerprint density at radius 2 is 1.00 bits per heavy atom. The summed E-state index contributed by atoms with van der Waals surface area (Å²) in [6.45, 7) is 9.20. The predicted octanol–water partition coefficient (Wildman–Crippen LogP) is 4.86. The van der Waals surface area contributed by atoms with Crippen LogP contribution < -0.4 is 0 Å². The van der Waals surface area contributed by atoms with Crippen LogP contribution in [-0.2, 0) is 0 Å². The third-order valence-electron chi connectivity index (χ3n) is 0.872. The Kier molecular flexibility index (Phi) is 15.5. The van der Waals surface area contributed by atoms with Crippen molar-refractivity contribution in [1.82, 2.24) is 0 Å². The number of halogens is 2. The van der Waals surface area contributed by atoms with Crippen LogP contribution in [0.25, 0.3) is 0 Å². The van der Waals surface area contributed by atoms with E-state index in [-0.39, 0.29) is 13.2 Å². The summed E-state index contributed by atoms with van der Waals surface area (Å²) in [5.74, 6) is 0. The molecule has 0 radical (unpaired) electrons. The van der Waals surface area contributed by atoms with Gasteiger partial charge in [-0.05, 0) is 38.9 Å². The highest BCUT2D eigenvalue weighted by Crippen LogP contribution is 2.38. The van der Waals surface area contributed by atoms with Crippen LogP contribution in [0.3, 0.4) is 0 Å². The lowest BCUT2D eigenvalue weighted by Crippen LogP contribution is -1.57. The van der Waals surface area contributed by atoms with E-state index in [0.29, 0.717) is 0 Å². The first-order valence-corrected chi connectivity index (χ1v) is 11.3. The molecule has 10 heavy (non-hydrogen) atoms. The molecule has 0 bridgehead atoms. The molecule has 0 aliphatic rings. The quantitative estimate of drug-likeness (QED) is 0.639. The Balaban J connectivity index is 0. The van der Waals surface area contributed by atoms with Crippen LogP contribution in [0.1, 0.15) is 13.8 Å². The summed E-state index contributed by atoms with van der Waals surface area (Å²) in [5.41, 5.74) is 0. The van der Waals surface area contributed by atoms with Crippen molar-refractivity contribution in [3.63, 3.8) is 0 Å². The highest BCUT2D eigenvalue weighted by atomic mass is 79.9. The fourth-order valence-electron chi connectivity index (χ4n) is 0. The van der Waals surface area contributed by atoms with Gasteiger partial charge in [-0.25, -0.2) is 0 Å². The van der Waals surface area contributed by atoms with Crippen molar-refractivity contribution in [1.29, 1.82) is 0 Å². The van der Waals surface area contributed by atoms with Crippen molar-refractivity contribution in [3.05, 3.63) is 0 Å². The van der Waals surface area contributed by atoms with E-state index in [4.69, 9.17) is 0 Å². The van der Waals surface area contributed by atoms with Gasteiger partial charge in [-0.2, -0.15) is 0 Å². The molecule has 0 N–H and O–H groups in total. The molecule has 2 atom stereocenters. The van der Waals surface area contributed by atoms with Crippen LogP contribution in [0, 0.1) is 0 Å². The average molecular weight is 310 g/mol. The van der Waals surface area contributed by atoms with Crippen LogP contribution >= 0.6 is 44.2 Å². The molecule has 0 saturated carbocycles. The zero-order valence-electron chi connectivity index (χ0n) is 7.06. The van der Waals surface area contributed by atoms with Crippen molar-refractivity contribution in [3.8, 4) is 0 Å². The predicted molar refractivity (Wildman–Crippen MR) is 64.6 cm³/mol. The fraction of sp³-hybridized carbons (Fsp3) is 1.00. The molecule has 0 aromatic rings. The van der Waals surface area contributed by atoms with Crippen molar-refractivity contribution in [2.24, 2.45) is 0 Å². The van der Waals surface area contributed by atoms with Gasteiger partial charge in [-0.15, -0.1) is 0 Å². The van der Waals surface area contributed by atoms with Gasteiger partial charge in [0.15, 0.2) is 0 Å². The SMILES string of the molecule is CCP(C)Br.CCP(C)Br. The van der Waals surface area contributed by atoms with E-state index in [2.05, 4.69) is 58.2 Å². The molecule has 2 unspecified atom stereocenters. The van der Waals surface area contributed by atoms with Crippen molar-refractivity contribution in [2.45, 2.75) is 13.8 Å². The highest BCUT2D eigenvalue weighted by molar-refractivity contribution is 9.39. The second kappa shape index (κ2) is 10.8.